The topological polar surface area (TPSA) is 54.8 Å². The minimum Gasteiger partial charge on any atom is -0.340 e. The Morgan fingerprint density at radius 2 is 2.09 bits per heavy atom. The molecular weight excluding hydrogens is 274 g/mol. The van der Waals surface area contributed by atoms with Gasteiger partial charge in [0.1, 0.15) is 0 Å². The molecule has 0 bridgehead atoms. The number of nitrogens with one attached hydrogen (secondary N) is 2. The summed E-state index contributed by atoms with van der Waals surface area (Å²) in [4.78, 5) is 8.70. The van der Waals surface area contributed by atoms with E-state index in [1.165, 1.54) is 19.3 Å². The predicted molar refractivity (Wildman–Crippen MR) is 89.3 cm³/mol. The van der Waals surface area contributed by atoms with E-state index in [4.69, 9.17) is 0 Å². The molecule has 2 aromatic rings. The lowest BCUT2D eigenvalue weighted by Crippen LogP contribution is -2.38. The van der Waals surface area contributed by atoms with E-state index in [1.54, 1.807) is 0 Å². The molecule has 22 heavy (non-hydrogen) atoms. The van der Waals surface area contributed by atoms with E-state index in [9.17, 15) is 0 Å². The first-order valence-electron chi connectivity index (χ1n) is 8.08. The lowest BCUT2D eigenvalue weighted by atomic mass is 10.1. The summed E-state index contributed by atoms with van der Waals surface area (Å²) in [5.41, 5.74) is 2.18. The molecule has 0 fully saturated rings. The van der Waals surface area contributed by atoms with E-state index in [1.807, 2.05) is 36.3 Å². The van der Waals surface area contributed by atoms with Crippen molar-refractivity contribution in [3.05, 3.63) is 48.3 Å². The number of hydrogen-bond acceptors (Lipinski definition) is 4. The quantitative estimate of drug-likeness (QED) is 0.707. The molecule has 0 aliphatic heterocycles. The Morgan fingerprint density at radius 1 is 1.18 bits per heavy atom. The first-order valence-corrected chi connectivity index (χ1v) is 8.08. The largest absolute Gasteiger partial charge is 0.340 e. The Morgan fingerprint density at radius 3 is 2.77 bits per heavy atom. The second-order valence-electron chi connectivity index (χ2n) is 5.70. The van der Waals surface area contributed by atoms with Crippen LogP contribution in [-0.4, -0.2) is 27.1 Å². The van der Waals surface area contributed by atoms with Gasteiger partial charge in [0, 0.05) is 45.1 Å². The van der Waals surface area contributed by atoms with E-state index in [2.05, 4.69) is 39.8 Å². The van der Waals surface area contributed by atoms with Gasteiger partial charge >= 0.3 is 0 Å². The monoisotopic (exact) mass is 301 g/mol. The fourth-order valence-electron chi connectivity index (χ4n) is 2.41. The van der Waals surface area contributed by atoms with Crippen molar-refractivity contribution in [2.45, 2.75) is 45.3 Å². The van der Waals surface area contributed by atoms with E-state index < -0.39 is 0 Å². The van der Waals surface area contributed by atoms with E-state index in [0.29, 0.717) is 6.04 Å². The molecule has 0 saturated carbocycles. The van der Waals surface area contributed by atoms with Crippen molar-refractivity contribution in [3.63, 3.8) is 0 Å². The number of imidazole rings is 1. The first-order chi connectivity index (χ1) is 10.8. The molecule has 1 unspecified atom stereocenters. The zero-order valence-corrected chi connectivity index (χ0v) is 13.6. The zero-order valence-electron chi connectivity index (χ0n) is 13.6. The summed E-state index contributed by atoms with van der Waals surface area (Å²) in [6.45, 7) is 4.82. The normalized spacial score (nSPS) is 12.5. The maximum Gasteiger partial charge on any atom is 0.0947 e. The van der Waals surface area contributed by atoms with Crippen LogP contribution in [0.4, 0.5) is 0 Å². The highest BCUT2D eigenvalue weighted by molar-refractivity contribution is 5.03. The van der Waals surface area contributed by atoms with Gasteiger partial charge in [0.05, 0.1) is 17.7 Å². The maximum absolute atomic E-state index is 4.37. The van der Waals surface area contributed by atoms with Gasteiger partial charge in [-0.1, -0.05) is 25.8 Å². The summed E-state index contributed by atoms with van der Waals surface area (Å²) >= 11 is 0. The van der Waals surface area contributed by atoms with Gasteiger partial charge in [-0.15, -0.1) is 0 Å². The van der Waals surface area contributed by atoms with Crippen LogP contribution < -0.4 is 10.6 Å². The van der Waals surface area contributed by atoms with Crippen LogP contribution in [0, 0.1) is 0 Å². The van der Waals surface area contributed by atoms with Crippen molar-refractivity contribution in [2.75, 3.05) is 6.54 Å². The highest BCUT2D eigenvalue weighted by atomic mass is 15.0. The molecule has 0 amide bonds. The molecule has 2 heterocycles. The van der Waals surface area contributed by atoms with Gasteiger partial charge in [-0.3, -0.25) is 4.98 Å². The molecule has 0 spiro atoms. The van der Waals surface area contributed by atoms with E-state index in [0.717, 1.165) is 31.0 Å². The minimum absolute atomic E-state index is 0.464. The van der Waals surface area contributed by atoms with Gasteiger partial charge in [0.2, 0.25) is 0 Å². The fraction of sp³-hybridized carbons (Fsp3) is 0.529. The average molecular weight is 301 g/mol. The molecule has 2 aromatic heterocycles. The van der Waals surface area contributed by atoms with Gasteiger partial charge in [0.25, 0.3) is 0 Å². The number of rotatable bonds is 10. The van der Waals surface area contributed by atoms with Crippen LogP contribution in [0.25, 0.3) is 0 Å². The molecular formula is C17H27N5. The predicted octanol–water partition coefficient (Wildman–Crippen LogP) is 2.25. The summed E-state index contributed by atoms with van der Waals surface area (Å²) in [5.74, 6) is 0. The number of unbranched alkanes of at least 4 members (excludes halogenated alkanes) is 1. The Hall–Kier alpha value is -1.72. The van der Waals surface area contributed by atoms with Crippen LogP contribution in [0.5, 0.6) is 0 Å². The Kier molecular flexibility index (Phi) is 7.06. The molecule has 5 nitrogen and oxygen atoms in total. The van der Waals surface area contributed by atoms with Gasteiger partial charge in [-0.25, -0.2) is 4.98 Å². The van der Waals surface area contributed by atoms with Crippen LogP contribution in [0.3, 0.4) is 0 Å². The van der Waals surface area contributed by atoms with Crippen LogP contribution in [0.15, 0.2) is 36.9 Å². The SMILES string of the molecule is CCCCC(CNCc1cn(C)cn1)NCc1ccccn1. The second kappa shape index (κ2) is 9.33. The molecule has 0 aliphatic rings. The third-order valence-corrected chi connectivity index (χ3v) is 3.66. The van der Waals surface area contributed by atoms with Crippen molar-refractivity contribution in [2.24, 2.45) is 7.05 Å². The summed E-state index contributed by atoms with van der Waals surface area (Å²) in [6, 6.07) is 6.51. The summed E-state index contributed by atoms with van der Waals surface area (Å²) in [7, 11) is 2.00. The van der Waals surface area contributed by atoms with Gasteiger partial charge in [-0.05, 0) is 18.6 Å². The molecule has 0 saturated heterocycles. The van der Waals surface area contributed by atoms with Crippen molar-refractivity contribution >= 4 is 0 Å². The van der Waals surface area contributed by atoms with Crippen molar-refractivity contribution < 1.29 is 0 Å². The number of pyridine rings is 1. The highest BCUT2D eigenvalue weighted by Gasteiger charge is 2.08. The molecule has 2 rings (SSSR count). The molecule has 0 radical (unpaired) electrons. The summed E-state index contributed by atoms with van der Waals surface area (Å²) in [5, 5.41) is 7.11. The van der Waals surface area contributed by atoms with Crippen LogP contribution in [0.2, 0.25) is 0 Å². The second-order valence-corrected chi connectivity index (χ2v) is 5.70. The smallest absolute Gasteiger partial charge is 0.0947 e. The maximum atomic E-state index is 4.37. The zero-order chi connectivity index (χ0) is 15.6. The van der Waals surface area contributed by atoms with Crippen molar-refractivity contribution in [1.29, 1.82) is 0 Å². The first kappa shape index (κ1) is 16.6. The highest BCUT2D eigenvalue weighted by Crippen LogP contribution is 2.02. The van der Waals surface area contributed by atoms with Crippen LogP contribution >= 0.6 is 0 Å². The van der Waals surface area contributed by atoms with Crippen molar-refractivity contribution in [3.8, 4) is 0 Å². The molecule has 120 valence electrons. The van der Waals surface area contributed by atoms with Crippen molar-refractivity contribution in [1.82, 2.24) is 25.2 Å². The number of aryl methyl sites for hydroxylation is 1. The fourth-order valence-corrected chi connectivity index (χ4v) is 2.41. The third-order valence-electron chi connectivity index (χ3n) is 3.66. The Labute approximate surface area is 133 Å². The molecule has 2 N–H and O–H groups in total. The molecule has 5 heteroatoms. The van der Waals surface area contributed by atoms with Gasteiger partial charge < -0.3 is 15.2 Å². The minimum atomic E-state index is 0.464. The van der Waals surface area contributed by atoms with Crippen LogP contribution in [0.1, 0.15) is 37.6 Å². The molecule has 0 aromatic carbocycles. The Balaban J connectivity index is 1.75. The standard InChI is InChI=1S/C17H27N5/c1-3-4-7-15(20-12-16-8-5-6-9-19-16)10-18-11-17-13-22(2)14-21-17/h5-6,8-9,13-15,18,20H,3-4,7,10-12H2,1-2H3. The lowest BCUT2D eigenvalue weighted by molar-refractivity contribution is 0.431. The van der Waals surface area contributed by atoms with E-state index in [-0.39, 0.29) is 0 Å². The summed E-state index contributed by atoms with van der Waals surface area (Å²) in [6.07, 6.45) is 9.38. The molecule has 1 atom stereocenters. The van der Waals surface area contributed by atoms with Gasteiger partial charge in [0.15, 0.2) is 0 Å². The Bertz CT molecular complexity index is 523. The van der Waals surface area contributed by atoms with Crippen LogP contribution in [-0.2, 0) is 20.1 Å². The third kappa shape index (κ3) is 5.95. The molecule has 0 aliphatic carbocycles. The summed E-state index contributed by atoms with van der Waals surface area (Å²) < 4.78 is 1.98. The lowest BCUT2D eigenvalue weighted by Gasteiger charge is -2.19. The number of nitrogens with zero attached hydrogens (tertiary/aromatic N) is 3. The average Bonchev–Trinajstić information content (AvgIpc) is 2.96. The number of hydrogen-bond donors (Lipinski definition) is 2. The van der Waals surface area contributed by atoms with E-state index >= 15 is 0 Å². The van der Waals surface area contributed by atoms with Gasteiger partial charge in [-0.2, -0.15) is 0 Å². The number of aromatic nitrogens is 3.